The highest BCUT2D eigenvalue weighted by molar-refractivity contribution is 5.91. The topological polar surface area (TPSA) is 104 Å². The van der Waals surface area contributed by atoms with Gasteiger partial charge >= 0.3 is 0 Å². The van der Waals surface area contributed by atoms with Crippen molar-refractivity contribution < 1.29 is 18.7 Å². The van der Waals surface area contributed by atoms with Gasteiger partial charge in [-0.3, -0.25) is 9.59 Å². The molecule has 0 saturated heterocycles. The molecule has 0 unspecified atom stereocenters. The van der Waals surface area contributed by atoms with Gasteiger partial charge in [-0.25, -0.2) is 0 Å². The van der Waals surface area contributed by atoms with Crippen molar-refractivity contribution in [1.29, 1.82) is 5.26 Å². The second-order valence-corrected chi connectivity index (χ2v) is 4.59. The number of hydrogen-bond donors (Lipinski definition) is 2. The number of rotatable bonds is 7. The molecule has 7 nitrogen and oxygen atoms in total. The Hall–Kier alpha value is -3.11. The highest BCUT2D eigenvalue weighted by atomic mass is 16.5. The van der Waals surface area contributed by atoms with E-state index in [1.807, 2.05) is 6.07 Å². The van der Waals surface area contributed by atoms with Crippen molar-refractivity contribution in [1.82, 2.24) is 5.32 Å². The minimum atomic E-state index is -0.381. The summed E-state index contributed by atoms with van der Waals surface area (Å²) in [5.74, 6) is -0.0852. The Labute approximate surface area is 132 Å². The predicted octanol–water partition coefficient (Wildman–Crippen LogP) is 1.42. The normalized spacial score (nSPS) is 9.87. The standard InChI is InChI=1S/C16H15N3O4/c17-8-12-3-5-13(6-4-12)19-16(21)11-22-10-15(20)18-9-14-2-1-7-23-14/h1-7H,9-11H2,(H,18,20)(H,19,21). The second-order valence-electron chi connectivity index (χ2n) is 4.59. The maximum atomic E-state index is 11.6. The van der Waals surface area contributed by atoms with Gasteiger partial charge in [-0.1, -0.05) is 0 Å². The van der Waals surface area contributed by atoms with E-state index in [0.717, 1.165) is 0 Å². The molecule has 1 heterocycles. The van der Waals surface area contributed by atoms with Gasteiger partial charge in [0.05, 0.1) is 24.4 Å². The highest BCUT2D eigenvalue weighted by Crippen LogP contribution is 2.08. The zero-order chi connectivity index (χ0) is 16.5. The molecule has 2 rings (SSSR count). The third kappa shape index (κ3) is 5.65. The van der Waals surface area contributed by atoms with Crippen LogP contribution in [0.1, 0.15) is 11.3 Å². The van der Waals surface area contributed by atoms with Crippen LogP contribution in [0.4, 0.5) is 5.69 Å². The summed E-state index contributed by atoms with van der Waals surface area (Å²) in [4.78, 5) is 23.2. The van der Waals surface area contributed by atoms with Crippen molar-refractivity contribution in [2.75, 3.05) is 18.5 Å². The number of anilines is 1. The van der Waals surface area contributed by atoms with E-state index in [1.54, 1.807) is 36.4 Å². The van der Waals surface area contributed by atoms with Crippen LogP contribution in [0.25, 0.3) is 0 Å². The molecule has 2 aromatic rings. The number of furan rings is 1. The third-order valence-corrected chi connectivity index (χ3v) is 2.80. The molecule has 0 atom stereocenters. The lowest BCUT2D eigenvalue weighted by Gasteiger charge is -2.06. The molecule has 0 saturated carbocycles. The van der Waals surface area contributed by atoms with Gasteiger partial charge in [-0.2, -0.15) is 5.26 Å². The fourth-order valence-corrected chi connectivity index (χ4v) is 1.71. The van der Waals surface area contributed by atoms with Crippen molar-refractivity contribution in [3.05, 3.63) is 54.0 Å². The smallest absolute Gasteiger partial charge is 0.250 e. The summed E-state index contributed by atoms with van der Waals surface area (Å²) in [5, 5.41) is 13.9. The monoisotopic (exact) mass is 313 g/mol. The lowest BCUT2D eigenvalue weighted by Crippen LogP contribution is -2.29. The molecule has 118 valence electrons. The highest BCUT2D eigenvalue weighted by Gasteiger charge is 2.06. The first-order chi connectivity index (χ1) is 11.2. The van der Waals surface area contributed by atoms with Crippen LogP contribution >= 0.6 is 0 Å². The van der Waals surface area contributed by atoms with Crippen molar-refractivity contribution in [2.24, 2.45) is 0 Å². The minimum Gasteiger partial charge on any atom is -0.467 e. The molecule has 0 radical (unpaired) electrons. The summed E-state index contributed by atoms with van der Waals surface area (Å²) in [6.07, 6.45) is 1.52. The van der Waals surface area contributed by atoms with Crippen molar-refractivity contribution in [3.63, 3.8) is 0 Å². The molecule has 0 aliphatic carbocycles. The second kappa shape index (κ2) is 8.36. The third-order valence-electron chi connectivity index (χ3n) is 2.80. The van der Waals surface area contributed by atoms with Crippen LogP contribution in [0.2, 0.25) is 0 Å². The maximum Gasteiger partial charge on any atom is 0.250 e. The van der Waals surface area contributed by atoms with E-state index in [4.69, 9.17) is 14.4 Å². The minimum absolute atomic E-state index is 0.221. The Morgan fingerprint density at radius 3 is 2.52 bits per heavy atom. The van der Waals surface area contributed by atoms with Gasteiger partial charge in [0, 0.05) is 5.69 Å². The van der Waals surface area contributed by atoms with Crippen molar-refractivity contribution in [2.45, 2.75) is 6.54 Å². The predicted molar refractivity (Wildman–Crippen MR) is 81.2 cm³/mol. The number of hydrogen-bond acceptors (Lipinski definition) is 5. The molecule has 23 heavy (non-hydrogen) atoms. The average Bonchev–Trinajstić information content (AvgIpc) is 3.07. The summed E-state index contributed by atoms with van der Waals surface area (Å²) in [6, 6.07) is 11.9. The van der Waals surface area contributed by atoms with Crippen molar-refractivity contribution in [3.8, 4) is 6.07 Å². The van der Waals surface area contributed by atoms with Gasteiger partial charge in [0.1, 0.15) is 19.0 Å². The molecule has 2 amide bonds. The largest absolute Gasteiger partial charge is 0.467 e. The van der Waals surface area contributed by atoms with Gasteiger partial charge in [0.15, 0.2) is 0 Å². The van der Waals surface area contributed by atoms with Crippen LogP contribution in [0.3, 0.4) is 0 Å². The first kappa shape index (κ1) is 16.3. The van der Waals surface area contributed by atoms with Gasteiger partial charge in [-0.15, -0.1) is 0 Å². The molecule has 7 heteroatoms. The van der Waals surface area contributed by atoms with Crippen LogP contribution in [-0.4, -0.2) is 25.0 Å². The number of ether oxygens (including phenoxy) is 1. The molecular formula is C16H15N3O4. The molecule has 0 bridgehead atoms. The van der Waals surface area contributed by atoms with E-state index in [1.165, 1.54) is 6.26 Å². The summed E-state index contributed by atoms with van der Waals surface area (Å²) < 4.78 is 10.1. The summed E-state index contributed by atoms with van der Waals surface area (Å²) in [7, 11) is 0. The number of nitriles is 1. The van der Waals surface area contributed by atoms with E-state index in [2.05, 4.69) is 10.6 Å². The van der Waals surface area contributed by atoms with Crippen LogP contribution < -0.4 is 10.6 Å². The zero-order valence-corrected chi connectivity index (χ0v) is 12.2. The van der Waals surface area contributed by atoms with Crippen LogP contribution in [-0.2, 0) is 20.9 Å². The quantitative estimate of drug-likeness (QED) is 0.804. The number of carbonyl (C=O) groups excluding carboxylic acids is 2. The van der Waals surface area contributed by atoms with Gasteiger partial charge in [0.25, 0.3) is 0 Å². The fraction of sp³-hybridized carbons (Fsp3) is 0.188. The summed E-state index contributed by atoms with van der Waals surface area (Å²) >= 11 is 0. The number of carbonyl (C=O) groups is 2. The molecule has 1 aromatic carbocycles. The van der Waals surface area contributed by atoms with E-state index in [-0.39, 0.29) is 31.6 Å². The Morgan fingerprint density at radius 2 is 1.87 bits per heavy atom. The van der Waals surface area contributed by atoms with E-state index >= 15 is 0 Å². The SMILES string of the molecule is N#Cc1ccc(NC(=O)COCC(=O)NCc2ccco2)cc1. The number of amides is 2. The van der Waals surface area contributed by atoms with E-state index in [9.17, 15) is 9.59 Å². The van der Waals surface area contributed by atoms with Crippen molar-refractivity contribution >= 4 is 17.5 Å². The Morgan fingerprint density at radius 1 is 1.13 bits per heavy atom. The lowest BCUT2D eigenvalue weighted by molar-refractivity contribution is -0.128. The van der Waals surface area contributed by atoms with E-state index in [0.29, 0.717) is 17.0 Å². The Balaban J connectivity index is 1.64. The number of nitrogens with zero attached hydrogens (tertiary/aromatic N) is 1. The zero-order valence-electron chi connectivity index (χ0n) is 12.2. The molecule has 1 aromatic heterocycles. The number of nitrogens with one attached hydrogen (secondary N) is 2. The lowest BCUT2D eigenvalue weighted by atomic mass is 10.2. The summed E-state index contributed by atoms with van der Waals surface area (Å²) in [6.45, 7) is -0.192. The Kier molecular flexibility index (Phi) is 5.91. The van der Waals surface area contributed by atoms with E-state index < -0.39 is 0 Å². The van der Waals surface area contributed by atoms with Crippen LogP contribution in [0.5, 0.6) is 0 Å². The first-order valence-corrected chi connectivity index (χ1v) is 6.84. The number of benzene rings is 1. The molecule has 0 fully saturated rings. The van der Waals surface area contributed by atoms with Gasteiger partial charge in [-0.05, 0) is 36.4 Å². The molecule has 0 spiro atoms. The summed E-state index contributed by atoms with van der Waals surface area (Å²) in [5.41, 5.74) is 1.06. The fourth-order valence-electron chi connectivity index (χ4n) is 1.71. The molecular weight excluding hydrogens is 298 g/mol. The Bertz CT molecular complexity index is 687. The first-order valence-electron chi connectivity index (χ1n) is 6.84. The molecule has 2 N–H and O–H groups in total. The van der Waals surface area contributed by atoms with Crippen LogP contribution in [0, 0.1) is 11.3 Å². The average molecular weight is 313 g/mol. The molecule has 0 aliphatic heterocycles. The van der Waals surface area contributed by atoms with Gasteiger partial charge in [0.2, 0.25) is 11.8 Å². The van der Waals surface area contributed by atoms with Crippen LogP contribution in [0.15, 0.2) is 47.1 Å². The van der Waals surface area contributed by atoms with Gasteiger partial charge < -0.3 is 19.8 Å². The maximum absolute atomic E-state index is 11.6. The molecule has 0 aliphatic rings.